The maximum Gasteiger partial charge on any atom is 0.315 e. The molecule has 2 amide bonds. The summed E-state index contributed by atoms with van der Waals surface area (Å²) in [7, 11) is 0. The molecule has 0 saturated heterocycles. The Kier molecular flexibility index (Phi) is 4.29. The van der Waals surface area contributed by atoms with Crippen LogP contribution in [0, 0.1) is 11.3 Å². The number of fused-ring (bicyclic) bond motifs is 1. The molecule has 3 N–H and O–H groups in total. The van der Waals surface area contributed by atoms with Gasteiger partial charge in [0.25, 0.3) is 0 Å². The molecule has 1 aliphatic rings. The van der Waals surface area contributed by atoms with Gasteiger partial charge in [-0.05, 0) is 45.9 Å². The monoisotopic (exact) mass is 303 g/mol. The molecule has 1 aromatic carbocycles. The van der Waals surface area contributed by atoms with Crippen LogP contribution in [0.1, 0.15) is 44.9 Å². The van der Waals surface area contributed by atoms with E-state index in [1.807, 2.05) is 19.9 Å². The molecule has 1 aliphatic heterocycles. The number of rotatable bonds is 2. The van der Waals surface area contributed by atoms with Crippen LogP contribution in [-0.4, -0.2) is 28.8 Å². The second-order valence-electron chi connectivity index (χ2n) is 6.26. The van der Waals surface area contributed by atoms with Gasteiger partial charge in [-0.15, -0.1) is 0 Å². The van der Waals surface area contributed by atoms with Gasteiger partial charge in [-0.25, -0.2) is 4.79 Å². The number of nitrogens with zero attached hydrogens (tertiary/aromatic N) is 1. The summed E-state index contributed by atoms with van der Waals surface area (Å²) in [6, 6.07) is 5.92. The normalized spacial score (nSPS) is 22.2. The molecular formula is C16H21N3O3. The number of ether oxygens (including phenoxy) is 1. The second kappa shape index (κ2) is 5.85. The average Bonchev–Trinajstić information content (AvgIpc) is 2.42. The van der Waals surface area contributed by atoms with Crippen LogP contribution in [0.15, 0.2) is 18.2 Å². The predicted octanol–water partition coefficient (Wildman–Crippen LogP) is 1.84. The van der Waals surface area contributed by atoms with Gasteiger partial charge in [-0.1, -0.05) is 0 Å². The Morgan fingerprint density at radius 3 is 2.73 bits per heavy atom. The van der Waals surface area contributed by atoms with E-state index >= 15 is 0 Å². The number of benzene rings is 1. The Morgan fingerprint density at radius 2 is 2.14 bits per heavy atom. The zero-order valence-electron chi connectivity index (χ0n) is 13.2. The summed E-state index contributed by atoms with van der Waals surface area (Å²) in [5.74, 6) is 0.527. The third-order valence-corrected chi connectivity index (χ3v) is 3.60. The number of carbonyl (C=O) groups excluding carboxylic acids is 1. The molecule has 0 unspecified atom stereocenters. The van der Waals surface area contributed by atoms with Gasteiger partial charge in [0, 0.05) is 11.6 Å². The fourth-order valence-electron chi connectivity index (χ4n) is 2.55. The first-order valence-corrected chi connectivity index (χ1v) is 7.22. The number of urea groups is 1. The van der Waals surface area contributed by atoms with Crippen LogP contribution in [0.2, 0.25) is 0 Å². The molecule has 0 bridgehead atoms. The fourth-order valence-corrected chi connectivity index (χ4v) is 2.55. The van der Waals surface area contributed by atoms with Crippen LogP contribution in [-0.2, 0) is 0 Å². The molecule has 22 heavy (non-hydrogen) atoms. The number of aliphatic hydroxyl groups is 1. The number of hydrogen-bond donors (Lipinski definition) is 3. The summed E-state index contributed by atoms with van der Waals surface area (Å²) in [5.41, 5.74) is 0.161. The average molecular weight is 303 g/mol. The van der Waals surface area contributed by atoms with Crippen LogP contribution in [0.4, 0.5) is 4.79 Å². The van der Waals surface area contributed by atoms with Crippen molar-refractivity contribution < 1.29 is 14.6 Å². The van der Waals surface area contributed by atoms with Crippen molar-refractivity contribution >= 4 is 6.03 Å². The molecule has 0 spiro atoms. The van der Waals surface area contributed by atoms with E-state index in [1.54, 1.807) is 32.0 Å². The zero-order chi connectivity index (χ0) is 16.5. The molecule has 1 heterocycles. The molecule has 0 saturated carbocycles. The van der Waals surface area contributed by atoms with Crippen molar-refractivity contribution in [3.8, 4) is 11.8 Å². The van der Waals surface area contributed by atoms with E-state index in [1.165, 1.54) is 0 Å². The predicted molar refractivity (Wildman–Crippen MR) is 81.4 cm³/mol. The summed E-state index contributed by atoms with van der Waals surface area (Å²) >= 11 is 0. The van der Waals surface area contributed by atoms with Gasteiger partial charge < -0.3 is 20.5 Å². The molecule has 2 rings (SSSR count). The standard InChI is InChI=1S/C16H21N3O3/c1-9(2)18-15(21)19-14-13(20)11-7-10(8-17)5-6-12(11)22-16(14,3)4/h5-7,9,13-14,20H,1-4H3,(H2,18,19,21)/t13-,14+/m1/s1. The van der Waals surface area contributed by atoms with E-state index in [2.05, 4.69) is 10.6 Å². The zero-order valence-corrected chi connectivity index (χ0v) is 13.2. The highest BCUT2D eigenvalue weighted by atomic mass is 16.5. The SMILES string of the molecule is CC(C)NC(=O)N[C@H]1[C@H](O)c2cc(C#N)ccc2OC1(C)C. The minimum absolute atomic E-state index is 0.0118. The lowest BCUT2D eigenvalue weighted by molar-refractivity contribution is -0.0229. The van der Waals surface area contributed by atoms with Gasteiger partial charge in [-0.3, -0.25) is 0 Å². The molecule has 0 radical (unpaired) electrons. The molecular weight excluding hydrogens is 282 g/mol. The number of carbonyl (C=O) groups is 1. The second-order valence-corrected chi connectivity index (χ2v) is 6.26. The number of amides is 2. The van der Waals surface area contributed by atoms with Crippen LogP contribution in [0.3, 0.4) is 0 Å². The Hall–Kier alpha value is -2.26. The Balaban J connectivity index is 2.30. The molecule has 6 nitrogen and oxygen atoms in total. The first-order chi connectivity index (χ1) is 10.2. The highest BCUT2D eigenvalue weighted by molar-refractivity contribution is 5.75. The minimum atomic E-state index is -0.954. The number of hydrogen-bond acceptors (Lipinski definition) is 4. The van der Waals surface area contributed by atoms with Crippen molar-refractivity contribution in [2.45, 2.75) is 51.5 Å². The summed E-state index contributed by atoms with van der Waals surface area (Å²) < 4.78 is 5.90. The van der Waals surface area contributed by atoms with E-state index in [4.69, 9.17) is 10.00 Å². The van der Waals surface area contributed by atoms with Gasteiger partial charge in [-0.2, -0.15) is 5.26 Å². The first kappa shape index (κ1) is 16.1. The first-order valence-electron chi connectivity index (χ1n) is 7.22. The fraction of sp³-hybridized carbons (Fsp3) is 0.500. The molecule has 2 atom stereocenters. The van der Waals surface area contributed by atoms with Gasteiger partial charge >= 0.3 is 6.03 Å². The topological polar surface area (TPSA) is 94.4 Å². The number of nitrogens with one attached hydrogen (secondary N) is 2. The van der Waals surface area contributed by atoms with E-state index in [-0.39, 0.29) is 12.1 Å². The highest BCUT2D eigenvalue weighted by Crippen LogP contribution is 2.40. The maximum atomic E-state index is 11.9. The lowest BCUT2D eigenvalue weighted by Gasteiger charge is -2.43. The Morgan fingerprint density at radius 1 is 1.45 bits per heavy atom. The third-order valence-electron chi connectivity index (χ3n) is 3.60. The minimum Gasteiger partial charge on any atom is -0.485 e. The Labute approximate surface area is 130 Å². The van der Waals surface area contributed by atoms with E-state index in [0.29, 0.717) is 16.9 Å². The van der Waals surface area contributed by atoms with E-state index in [0.717, 1.165) is 0 Å². The summed E-state index contributed by atoms with van der Waals surface area (Å²) in [6.07, 6.45) is -0.954. The van der Waals surface area contributed by atoms with Crippen molar-refractivity contribution in [3.05, 3.63) is 29.3 Å². The molecule has 0 aliphatic carbocycles. The van der Waals surface area contributed by atoms with E-state index in [9.17, 15) is 9.90 Å². The van der Waals surface area contributed by atoms with Crippen molar-refractivity contribution in [2.75, 3.05) is 0 Å². The lowest BCUT2D eigenvalue weighted by atomic mass is 9.85. The smallest absolute Gasteiger partial charge is 0.315 e. The van der Waals surface area contributed by atoms with Gasteiger partial charge in [0.05, 0.1) is 17.7 Å². The number of nitriles is 1. The number of aliphatic hydroxyl groups excluding tert-OH is 1. The molecule has 1 aromatic rings. The van der Waals surface area contributed by atoms with Crippen LogP contribution in [0.25, 0.3) is 0 Å². The van der Waals surface area contributed by atoms with Gasteiger partial charge in [0.15, 0.2) is 0 Å². The van der Waals surface area contributed by atoms with Crippen LogP contribution < -0.4 is 15.4 Å². The maximum absolute atomic E-state index is 11.9. The Bertz CT molecular complexity index is 620. The highest BCUT2D eigenvalue weighted by Gasteiger charge is 2.44. The third kappa shape index (κ3) is 3.15. The van der Waals surface area contributed by atoms with Crippen molar-refractivity contribution in [1.29, 1.82) is 5.26 Å². The van der Waals surface area contributed by atoms with E-state index < -0.39 is 17.7 Å². The summed E-state index contributed by atoms with van der Waals surface area (Å²) in [5, 5.41) is 25.1. The summed E-state index contributed by atoms with van der Waals surface area (Å²) in [6.45, 7) is 7.31. The molecule has 6 heteroatoms. The van der Waals surface area contributed by atoms with Crippen molar-refractivity contribution in [2.24, 2.45) is 0 Å². The van der Waals surface area contributed by atoms with Crippen molar-refractivity contribution in [3.63, 3.8) is 0 Å². The molecule has 0 fully saturated rings. The summed E-state index contributed by atoms with van der Waals surface area (Å²) in [4.78, 5) is 11.9. The van der Waals surface area contributed by atoms with Crippen LogP contribution in [0.5, 0.6) is 5.75 Å². The quantitative estimate of drug-likeness (QED) is 0.777. The molecule has 0 aromatic heterocycles. The van der Waals surface area contributed by atoms with Crippen LogP contribution >= 0.6 is 0 Å². The van der Waals surface area contributed by atoms with Crippen molar-refractivity contribution in [1.82, 2.24) is 10.6 Å². The van der Waals surface area contributed by atoms with Gasteiger partial charge in [0.1, 0.15) is 17.5 Å². The van der Waals surface area contributed by atoms with Gasteiger partial charge in [0.2, 0.25) is 0 Å². The molecule has 118 valence electrons. The lowest BCUT2D eigenvalue weighted by Crippen LogP contribution is -2.60. The largest absolute Gasteiger partial charge is 0.485 e.